The van der Waals surface area contributed by atoms with Crippen LogP contribution in [0.25, 0.3) is 22.7 Å². The van der Waals surface area contributed by atoms with Crippen LogP contribution in [0.1, 0.15) is 59.2 Å². The third-order valence-electron chi connectivity index (χ3n) is 5.06. The van der Waals surface area contributed by atoms with E-state index in [2.05, 4.69) is 33.7 Å². The molecule has 3 rings (SSSR count). The Labute approximate surface area is 181 Å². The van der Waals surface area contributed by atoms with E-state index >= 15 is 0 Å². The Morgan fingerprint density at radius 2 is 2.03 bits per heavy atom. The van der Waals surface area contributed by atoms with Crippen molar-refractivity contribution in [3.63, 3.8) is 0 Å². The lowest BCUT2D eigenvalue weighted by molar-refractivity contribution is -0.153. The molecule has 0 N–H and O–H groups in total. The molecule has 0 aromatic carbocycles. The Morgan fingerprint density at radius 3 is 2.67 bits per heavy atom. The number of fused-ring (bicyclic) bond motifs is 1. The van der Waals surface area contributed by atoms with E-state index in [1.54, 1.807) is 0 Å². The first-order chi connectivity index (χ1) is 14.3. The van der Waals surface area contributed by atoms with Gasteiger partial charge in [-0.25, -0.2) is 14.8 Å². The molecule has 0 fully saturated rings. The largest absolute Gasteiger partial charge is 0.348 e. The van der Waals surface area contributed by atoms with Crippen molar-refractivity contribution in [3.8, 4) is 23.4 Å². The number of carbonyl (C=O) groups excluding carboxylic acids is 1. The van der Waals surface area contributed by atoms with Crippen molar-refractivity contribution >= 4 is 28.7 Å². The van der Waals surface area contributed by atoms with Gasteiger partial charge < -0.3 is 9.40 Å². The second-order valence-corrected chi connectivity index (χ2v) is 8.12. The van der Waals surface area contributed by atoms with Gasteiger partial charge in [-0.3, -0.25) is 0 Å². The Morgan fingerprint density at radius 1 is 1.27 bits per heavy atom. The lowest BCUT2D eigenvalue weighted by Gasteiger charge is -2.20. The highest BCUT2D eigenvalue weighted by Gasteiger charge is 2.31. The number of rotatable bonds is 6. The van der Waals surface area contributed by atoms with Crippen LogP contribution in [0.3, 0.4) is 0 Å². The van der Waals surface area contributed by atoms with Gasteiger partial charge in [-0.1, -0.05) is 37.8 Å². The van der Waals surface area contributed by atoms with Crippen LogP contribution < -0.4 is 4.84 Å². The topological polar surface area (TPSA) is 74.8 Å². The minimum Gasteiger partial charge on any atom is -0.348 e. The van der Waals surface area contributed by atoms with E-state index in [-0.39, 0.29) is 16.9 Å². The summed E-state index contributed by atoms with van der Waals surface area (Å²) in [6.45, 7) is 7.72. The van der Waals surface area contributed by atoms with Gasteiger partial charge in [0, 0.05) is 19.7 Å². The first-order valence-electron chi connectivity index (χ1n) is 10.1. The van der Waals surface area contributed by atoms with E-state index in [4.69, 9.17) is 16.4 Å². The van der Waals surface area contributed by atoms with Crippen LogP contribution in [0, 0.1) is 17.3 Å². The molecule has 0 aliphatic heterocycles. The van der Waals surface area contributed by atoms with Crippen molar-refractivity contribution in [2.24, 2.45) is 12.5 Å². The maximum atomic E-state index is 12.8. The summed E-state index contributed by atoms with van der Waals surface area (Å²) in [5.41, 5.74) is 0.754. The minimum absolute atomic E-state index is 0.166. The molecule has 0 saturated carbocycles. The highest BCUT2D eigenvalue weighted by atomic mass is 35.5. The van der Waals surface area contributed by atoms with Crippen LogP contribution in [0.5, 0.6) is 0 Å². The van der Waals surface area contributed by atoms with Gasteiger partial charge in [0.15, 0.2) is 11.0 Å². The Kier molecular flexibility index (Phi) is 6.47. The smallest absolute Gasteiger partial charge is 0.338 e. The number of carbonyl (C=O) groups is 1. The molecular weight excluding hydrogens is 402 g/mol. The average molecular weight is 428 g/mol. The molecule has 7 nitrogen and oxygen atoms in total. The van der Waals surface area contributed by atoms with Crippen molar-refractivity contribution in [1.29, 1.82) is 0 Å². The zero-order chi connectivity index (χ0) is 21.9. The monoisotopic (exact) mass is 427 g/mol. The normalized spacial score (nSPS) is 11.4. The van der Waals surface area contributed by atoms with Gasteiger partial charge in [-0.2, -0.15) is 4.98 Å². The quantitative estimate of drug-likeness (QED) is 0.330. The van der Waals surface area contributed by atoms with E-state index in [0.29, 0.717) is 23.4 Å². The fraction of sp³-hybridized carbons (Fsp3) is 0.455. The van der Waals surface area contributed by atoms with E-state index in [1.807, 2.05) is 50.7 Å². The van der Waals surface area contributed by atoms with Crippen LogP contribution in [0.4, 0.5) is 0 Å². The lowest BCUT2D eigenvalue weighted by Crippen LogP contribution is -2.33. The molecule has 158 valence electrons. The maximum Gasteiger partial charge on any atom is 0.338 e. The summed E-state index contributed by atoms with van der Waals surface area (Å²) in [6.07, 6.45) is 5.33. The van der Waals surface area contributed by atoms with E-state index in [9.17, 15) is 4.79 Å². The standard InChI is InChI=1S/C22H26ClN5O2/c1-6-8-9-10-13-16-24-18(23)17-20(25-16)28(30-21(29)22(3,4)7-2)19(26-17)15-12-11-14-27(15)5/h11-12,14H,6-9H2,1-5H3. The number of hydrogen-bond acceptors (Lipinski definition) is 5. The second-order valence-electron chi connectivity index (χ2n) is 7.77. The molecule has 0 spiro atoms. The Bertz CT molecular complexity index is 1130. The lowest BCUT2D eigenvalue weighted by atomic mass is 9.91. The van der Waals surface area contributed by atoms with Crippen molar-refractivity contribution in [3.05, 3.63) is 29.3 Å². The van der Waals surface area contributed by atoms with Gasteiger partial charge in [0.2, 0.25) is 11.5 Å². The molecule has 3 aromatic heterocycles. The molecule has 0 aliphatic rings. The third-order valence-corrected chi connectivity index (χ3v) is 5.33. The first-order valence-corrected chi connectivity index (χ1v) is 10.5. The summed E-state index contributed by atoms with van der Waals surface area (Å²) in [6, 6.07) is 3.76. The van der Waals surface area contributed by atoms with E-state index in [0.717, 1.165) is 25.0 Å². The maximum absolute atomic E-state index is 12.8. The summed E-state index contributed by atoms with van der Waals surface area (Å²) in [5.74, 6) is 6.31. The Hall–Kier alpha value is -2.85. The minimum atomic E-state index is -0.665. The fourth-order valence-electron chi connectivity index (χ4n) is 2.66. The van der Waals surface area contributed by atoms with Crippen molar-refractivity contribution < 1.29 is 9.63 Å². The zero-order valence-corrected chi connectivity index (χ0v) is 18.7. The van der Waals surface area contributed by atoms with Gasteiger partial charge in [0.1, 0.15) is 5.52 Å². The average Bonchev–Trinajstić information content (AvgIpc) is 3.29. The summed E-state index contributed by atoms with van der Waals surface area (Å²) in [5, 5.41) is 0.166. The molecule has 0 atom stereocenters. The van der Waals surface area contributed by atoms with E-state index in [1.165, 1.54) is 4.73 Å². The zero-order valence-electron chi connectivity index (χ0n) is 18.0. The number of unbranched alkanes of at least 4 members (excludes halogenated alkanes) is 2. The number of hydrogen-bond donors (Lipinski definition) is 0. The molecule has 0 aliphatic carbocycles. The summed E-state index contributed by atoms with van der Waals surface area (Å²) >= 11 is 6.40. The van der Waals surface area contributed by atoms with Gasteiger partial charge in [-0.05, 0) is 44.7 Å². The van der Waals surface area contributed by atoms with Crippen LogP contribution in [-0.4, -0.2) is 30.2 Å². The molecule has 0 radical (unpaired) electrons. The van der Waals surface area contributed by atoms with E-state index < -0.39 is 5.41 Å². The number of halogens is 1. The van der Waals surface area contributed by atoms with Gasteiger partial charge in [-0.15, -0.1) is 4.73 Å². The SMILES string of the molecule is CCCCC#Cc1nc(Cl)c2nc(-c3cccn3C)n(OC(=O)C(C)(C)CC)c2n1. The molecule has 0 saturated heterocycles. The van der Waals surface area contributed by atoms with Gasteiger partial charge in [0.05, 0.1) is 11.1 Å². The predicted molar refractivity (Wildman–Crippen MR) is 117 cm³/mol. The molecule has 8 heteroatoms. The molecule has 30 heavy (non-hydrogen) atoms. The third kappa shape index (κ3) is 4.34. The van der Waals surface area contributed by atoms with Crippen LogP contribution in [0.2, 0.25) is 5.15 Å². The van der Waals surface area contributed by atoms with Gasteiger partial charge in [0.25, 0.3) is 0 Å². The van der Waals surface area contributed by atoms with Crippen LogP contribution in [0.15, 0.2) is 18.3 Å². The molecule has 0 unspecified atom stereocenters. The number of aryl methyl sites for hydroxylation is 1. The van der Waals surface area contributed by atoms with Crippen molar-refractivity contribution in [2.75, 3.05) is 0 Å². The summed E-state index contributed by atoms with van der Waals surface area (Å²) in [4.78, 5) is 32.0. The molecule has 3 aromatic rings. The predicted octanol–water partition coefficient (Wildman–Crippen LogP) is 4.42. The highest BCUT2D eigenvalue weighted by molar-refractivity contribution is 6.33. The van der Waals surface area contributed by atoms with Crippen molar-refractivity contribution in [2.45, 2.75) is 53.4 Å². The second kappa shape index (κ2) is 8.88. The molecular formula is C22H26ClN5O2. The van der Waals surface area contributed by atoms with Gasteiger partial charge >= 0.3 is 5.97 Å². The van der Waals surface area contributed by atoms with Crippen LogP contribution >= 0.6 is 11.6 Å². The summed E-state index contributed by atoms with van der Waals surface area (Å²) < 4.78 is 3.22. The van der Waals surface area contributed by atoms with Crippen LogP contribution in [-0.2, 0) is 11.8 Å². The number of aromatic nitrogens is 5. The number of imidazole rings is 1. The molecule has 0 amide bonds. The fourth-order valence-corrected chi connectivity index (χ4v) is 2.87. The molecule has 0 bridgehead atoms. The highest BCUT2D eigenvalue weighted by Crippen LogP contribution is 2.28. The van der Waals surface area contributed by atoms with Crippen molar-refractivity contribution in [1.82, 2.24) is 24.2 Å². The molecule has 3 heterocycles. The Balaban J connectivity index is 2.17. The first kappa shape index (κ1) is 21.8. The number of nitrogens with zero attached hydrogens (tertiary/aromatic N) is 5. The summed E-state index contributed by atoms with van der Waals surface area (Å²) in [7, 11) is 1.88.